The fraction of sp³-hybridized carbons (Fsp3) is 0.400. The van der Waals surface area contributed by atoms with Crippen molar-refractivity contribution in [3.8, 4) is 5.75 Å². The van der Waals surface area contributed by atoms with Gasteiger partial charge in [-0.25, -0.2) is 13.1 Å². The first-order valence-corrected chi connectivity index (χ1v) is 6.59. The van der Waals surface area contributed by atoms with Gasteiger partial charge < -0.3 is 15.2 Å². The van der Waals surface area contributed by atoms with Crippen LogP contribution in [0.1, 0.15) is 0 Å². The van der Waals surface area contributed by atoms with Crippen molar-refractivity contribution >= 4 is 15.7 Å². The van der Waals surface area contributed by atoms with Crippen LogP contribution < -0.4 is 15.2 Å². The van der Waals surface area contributed by atoms with E-state index in [4.69, 9.17) is 15.2 Å². The first-order valence-electron chi connectivity index (χ1n) is 5.10. The Morgan fingerprint density at radius 3 is 2.71 bits per heavy atom. The van der Waals surface area contributed by atoms with Crippen LogP contribution in [0.15, 0.2) is 23.1 Å². The van der Waals surface area contributed by atoms with Gasteiger partial charge in [0.15, 0.2) is 0 Å². The molecule has 0 aliphatic carbocycles. The molecular weight excluding hydrogens is 244 g/mol. The highest BCUT2D eigenvalue weighted by atomic mass is 32.2. The van der Waals surface area contributed by atoms with Gasteiger partial charge in [0, 0.05) is 6.07 Å². The van der Waals surface area contributed by atoms with Gasteiger partial charge in [0.1, 0.15) is 11.9 Å². The van der Waals surface area contributed by atoms with Crippen molar-refractivity contribution in [1.82, 2.24) is 4.72 Å². The molecule has 1 aromatic carbocycles. The van der Waals surface area contributed by atoms with Gasteiger partial charge in [0.25, 0.3) is 0 Å². The first-order chi connectivity index (χ1) is 8.03. The summed E-state index contributed by atoms with van der Waals surface area (Å²) in [5, 5.41) is 0. The monoisotopic (exact) mass is 258 g/mol. The van der Waals surface area contributed by atoms with E-state index in [2.05, 4.69) is 4.72 Å². The number of nitrogen functional groups attached to an aromatic ring is 1. The predicted octanol–water partition coefficient (Wildman–Crippen LogP) is -0.0455. The molecule has 0 radical (unpaired) electrons. The molecule has 1 aliphatic rings. The molecule has 7 heteroatoms. The summed E-state index contributed by atoms with van der Waals surface area (Å²) in [5.41, 5.74) is 6.13. The Morgan fingerprint density at radius 1 is 1.47 bits per heavy atom. The number of benzene rings is 1. The maximum Gasteiger partial charge on any atom is 0.240 e. The van der Waals surface area contributed by atoms with E-state index in [9.17, 15) is 8.42 Å². The molecule has 6 nitrogen and oxygen atoms in total. The van der Waals surface area contributed by atoms with E-state index in [0.29, 0.717) is 24.7 Å². The molecule has 0 aromatic heterocycles. The Balaban J connectivity index is 2.28. The first kappa shape index (κ1) is 12.2. The average Bonchev–Trinajstić information content (AvgIpc) is 2.25. The molecule has 0 unspecified atom stereocenters. The highest BCUT2D eigenvalue weighted by molar-refractivity contribution is 7.89. The molecule has 0 saturated carbocycles. The summed E-state index contributed by atoms with van der Waals surface area (Å²) in [6, 6.07) is 4.36. The standard InChI is InChI=1S/C10H14N2O4S/c1-12-17(13,14)8-2-3-9(11)10(4-8)16-7-5-15-6-7/h2-4,7,12H,5-6,11H2,1H3. The van der Waals surface area contributed by atoms with Crippen LogP contribution in [-0.4, -0.2) is 34.8 Å². The number of nitrogens with one attached hydrogen (secondary N) is 1. The normalized spacial score (nSPS) is 16.5. The molecule has 1 fully saturated rings. The minimum atomic E-state index is -3.48. The quantitative estimate of drug-likeness (QED) is 0.739. The minimum absolute atomic E-state index is 0.0511. The number of anilines is 1. The average molecular weight is 258 g/mol. The van der Waals surface area contributed by atoms with Crippen LogP contribution in [0, 0.1) is 0 Å². The molecular formula is C10H14N2O4S. The van der Waals surface area contributed by atoms with Crippen molar-refractivity contribution in [3.63, 3.8) is 0 Å². The molecule has 94 valence electrons. The summed E-state index contributed by atoms with van der Waals surface area (Å²) < 4.78 is 35.9. The number of hydrogen-bond donors (Lipinski definition) is 2. The van der Waals surface area contributed by atoms with Crippen LogP contribution >= 0.6 is 0 Å². The van der Waals surface area contributed by atoms with Crippen molar-refractivity contribution in [2.45, 2.75) is 11.0 Å². The predicted molar refractivity (Wildman–Crippen MR) is 62.3 cm³/mol. The second-order valence-corrected chi connectivity index (χ2v) is 5.57. The summed E-state index contributed by atoms with van der Waals surface area (Å²) in [5.74, 6) is 0.370. The summed E-state index contributed by atoms with van der Waals surface area (Å²) in [6.45, 7) is 1.00. The highest BCUT2D eigenvalue weighted by Gasteiger charge is 2.22. The Labute approximate surface area is 99.8 Å². The Kier molecular flexibility index (Phi) is 3.23. The molecule has 17 heavy (non-hydrogen) atoms. The van der Waals surface area contributed by atoms with E-state index in [1.54, 1.807) is 0 Å². The number of nitrogens with two attached hydrogens (primary N) is 1. The van der Waals surface area contributed by atoms with Crippen molar-refractivity contribution in [2.75, 3.05) is 26.0 Å². The zero-order valence-corrected chi connectivity index (χ0v) is 10.2. The van der Waals surface area contributed by atoms with Crippen LogP contribution in [0.25, 0.3) is 0 Å². The Bertz CT molecular complexity index is 511. The lowest BCUT2D eigenvalue weighted by molar-refractivity contribution is -0.0794. The molecule has 1 heterocycles. The fourth-order valence-corrected chi connectivity index (χ4v) is 2.11. The minimum Gasteiger partial charge on any atom is -0.483 e. The second-order valence-electron chi connectivity index (χ2n) is 3.68. The van der Waals surface area contributed by atoms with Gasteiger partial charge in [-0.05, 0) is 19.2 Å². The molecule has 0 bridgehead atoms. The third-order valence-corrected chi connectivity index (χ3v) is 3.88. The van der Waals surface area contributed by atoms with Gasteiger partial charge in [-0.1, -0.05) is 0 Å². The Hall–Kier alpha value is -1.31. The molecule has 2 rings (SSSR count). The van der Waals surface area contributed by atoms with Crippen LogP contribution in [0.2, 0.25) is 0 Å². The van der Waals surface area contributed by atoms with Crippen LogP contribution in [0.3, 0.4) is 0 Å². The molecule has 0 atom stereocenters. The lowest BCUT2D eigenvalue weighted by atomic mass is 10.2. The highest BCUT2D eigenvalue weighted by Crippen LogP contribution is 2.27. The zero-order valence-electron chi connectivity index (χ0n) is 9.34. The smallest absolute Gasteiger partial charge is 0.240 e. The number of hydrogen-bond acceptors (Lipinski definition) is 5. The molecule has 1 aromatic rings. The molecule has 3 N–H and O–H groups in total. The van der Waals surface area contributed by atoms with E-state index in [1.165, 1.54) is 25.2 Å². The third kappa shape index (κ3) is 2.51. The van der Waals surface area contributed by atoms with Crippen molar-refractivity contribution in [2.24, 2.45) is 0 Å². The number of rotatable bonds is 4. The fourth-order valence-electron chi connectivity index (χ4n) is 1.36. The van der Waals surface area contributed by atoms with Gasteiger partial charge in [-0.3, -0.25) is 0 Å². The van der Waals surface area contributed by atoms with Crippen LogP contribution in [0.4, 0.5) is 5.69 Å². The van der Waals surface area contributed by atoms with E-state index in [0.717, 1.165) is 0 Å². The van der Waals surface area contributed by atoms with Gasteiger partial charge in [-0.2, -0.15) is 0 Å². The van der Waals surface area contributed by atoms with Gasteiger partial charge in [0.05, 0.1) is 23.8 Å². The topological polar surface area (TPSA) is 90.7 Å². The second kappa shape index (κ2) is 4.52. The van der Waals surface area contributed by atoms with Crippen molar-refractivity contribution in [1.29, 1.82) is 0 Å². The largest absolute Gasteiger partial charge is 0.483 e. The third-order valence-electron chi connectivity index (χ3n) is 2.47. The molecule has 1 saturated heterocycles. The van der Waals surface area contributed by atoms with E-state index >= 15 is 0 Å². The maximum absolute atomic E-state index is 11.6. The zero-order chi connectivity index (χ0) is 12.5. The number of ether oxygens (including phenoxy) is 2. The van der Waals surface area contributed by atoms with E-state index in [1.807, 2.05) is 0 Å². The summed E-state index contributed by atoms with van der Waals surface area (Å²) in [7, 11) is -2.13. The van der Waals surface area contributed by atoms with Gasteiger partial charge in [-0.15, -0.1) is 0 Å². The summed E-state index contributed by atoms with van der Waals surface area (Å²) in [4.78, 5) is 0.129. The Morgan fingerprint density at radius 2 is 2.18 bits per heavy atom. The molecule has 0 spiro atoms. The SMILES string of the molecule is CNS(=O)(=O)c1ccc(N)c(OC2COC2)c1. The lowest BCUT2D eigenvalue weighted by Crippen LogP contribution is -2.38. The van der Waals surface area contributed by atoms with Crippen LogP contribution in [-0.2, 0) is 14.8 Å². The van der Waals surface area contributed by atoms with Crippen molar-refractivity contribution < 1.29 is 17.9 Å². The van der Waals surface area contributed by atoms with Crippen LogP contribution in [0.5, 0.6) is 5.75 Å². The van der Waals surface area contributed by atoms with Gasteiger partial charge >= 0.3 is 0 Å². The summed E-state index contributed by atoms with van der Waals surface area (Å²) in [6.07, 6.45) is -0.0511. The van der Waals surface area contributed by atoms with E-state index in [-0.39, 0.29) is 11.0 Å². The summed E-state index contributed by atoms with van der Waals surface area (Å²) >= 11 is 0. The number of sulfonamides is 1. The molecule has 0 amide bonds. The van der Waals surface area contributed by atoms with Gasteiger partial charge in [0.2, 0.25) is 10.0 Å². The lowest BCUT2D eigenvalue weighted by Gasteiger charge is -2.27. The van der Waals surface area contributed by atoms with Crippen molar-refractivity contribution in [3.05, 3.63) is 18.2 Å². The van der Waals surface area contributed by atoms with E-state index < -0.39 is 10.0 Å². The maximum atomic E-state index is 11.6. The molecule has 1 aliphatic heterocycles.